The number of β-amino-alcohol motifs (C(OH)–C–C–N with tert-alkyl or cyclic N) is 4. The number of aliphatic hydroxyl groups excluding tert-OH is 4. The molecule has 20 rings (SSSR count). The standard InChI is InChI=1S/C26H27F2N3O5.C26H27F2N3O4.C26H26N4O4.C25H26ClN3O4/c1-15(2)34-20-7-6-16(12-21(20)35-25(27)28)24-29-23(30-36-24)18-4-3-5-19-17(18)8-9-26(19)13-22(33)31(14-26)10-11-32;1-15(2)34-21-7-6-16(12-19(21)23(27)28)25-29-24(30-35-25)18-4-3-5-20-17(18)8-9-26(20)13-22(33)31(14-26)10-11-32;1-16(2)33-17-7-8-20(22(13-17)27-3)25-28-24(29-34-25)19-5-4-6-21-18(19)9-10-26(21)14-23(32)30(15-26)11-12-31;1-15(2)32-21-7-6-16(12-20(21)26)24-27-23(28-33-24)18-4-3-5-19-17(18)8-9-25(19)13-22(31)29(14-25)10-11-30/h3-7,12,15,25,32H,8-11,13-14H2,1-2H3;3-7,12,15,23,32H,8-11,13-14H2,1-2H3;4-8,13,16,31H,9-12,14-15H2,1-2H3;3-7,12,15,30H,8-11,13-14H2,1-2H3. The lowest BCUT2D eigenvalue weighted by molar-refractivity contribution is -0.128. The van der Waals surface area contributed by atoms with Gasteiger partial charge in [-0.05, 0) is 218 Å². The van der Waals surface area contributed by atoms with E-state index in [1.165, 1.54) is 35.4 Å². The molecule has 4 aliphatic carbocycles. The van der Waals surface area contributed by atoms with Crippen LogP contribution < -0.4 is 23.7 Å². The average molecular weight is 1910 g/mol. The Morgan fingerprint density at radius 2 is 0.725 bits per heavy atom. The van der Waals surface area contributed by atoms with Gasteiger partial charge in [0.25, 0.3) is 24.1 Å². The summed E-state index contributed by atoms with van der Waals surface area (Å²) in [4.78, 5) is 79.0. The zero-order valence-electron chi connectivity index (χ0n) is 77.6. The molecule has 4 aliphatic heterocycles. The van der Waals surface area contributed by atoms with Crippen molar-refractivity contribution >= 4 is 40.9 Å². The van der Waals surface area contributed by atoms with Crippen molar-refractivity contribution in [1.82, 2.24) is 60.2 Å². The monoisotopic (exact) mass is 1910 g/mol. The van der Waals surface area contributed by atoms with Crippen LogP contribution in [-0.4, -0.2) is 214 Å². The largest absolute Gasteiger partial charge is 0.492 e. The number of benzene rings is 8. The van der Waals surface area contributed by atoms with Gasteiger partial charge < -0.3 is 81.8 Å². The van der Waals surface area contributed by atoms with Crippen LogP contribution in [0.2, 0.25) is 5.02 Å². The van der Waals surface area contributed by atoms with E-state index < -0.39 is 13.0 Å². The summed E-state index contributed by atoms with van der Waals surface area (Å²) in [7, 11) is 0. The summed E-state index contributed by atoms with van der Waals surface area (Å²) in [6.45, 7) is 23.2. The van der Waals surface area contributed by atoms with E-state index in [9.17, 15) is 57.2 Å². The van der Waals surface area contributed by atoms with Crippen molar-refractivity contribution in [1.29, 1.82) is 0 Å². The van der Waals surface area contributed by atoms with Crippen LogP contribution in [0.5, 0.6) is 28.7 Å². The number of carbonyl (C=O) groups is 4. The third-order valence-corrected chi connectivity index (χ3v) is 27.0. The van der Waals surface area contributed by atoms with Gasteiger partial charge in [-0.25, -0.2) is 13.6 Å². The molecule has 0 bridgehead atoms. The van der Waals surface area contributed by atoms with Crippen molar-refractivity contribution in [3.05, 3.63) is 212 Å². The van der Waals surface area contributed by atoms with Crippen LogP contribution >= 0.6 is 11.6 Å². The Bertz CT molecular complexity index is 6590. The van der Waals surface area contributed by atoms with Crippen molar-refractivity contribution in [2.75, 3.05) is 78.8 Å². The minimum absolute atomic E-state index is 0.00814. The number of hydrogen-bond acceptors (Lipinski definition) is 25. The lowest BCUT2D eigenvalue weighted by Crippen LogP contribution is -2.32. The summed E-state index contributed by atoms with van der Waals surface area (Å²) in [5, 5.41) is 54.5. The Morgan fingerprint density at radius 1 is 0.391 bits per heavy atom. The van der Waals surface area contributed by atoms with Crippen molar-refractivity contribution in [2.45, 2.75) is 192 Å². The molecule has 8 aromatic carbocycles. The number of halogens is 5. The highest BCUT2D eigenvalue weighted by atomic mass is 35.5. The molecule has 8 aliphatic rings. The van der Waals surface area contributed by atoms with E-state index in [1.54, 1.807) is 89.8 Å². The molecule has 0 radical (unpaired) electrons. The number of hydrogen-bond donors (Lipinski definition) is 4. The van der Waals surface area contributed by atoms with E-state index in [1.807, 2.05) is 94.4 Å². The fourth-order valence-corrected chi connectivity index (χ4v) is 21.1. The molecular formula is C103H106ClF4N13O17. The average Bonchev–Trinajstić information content (AvgIpc) is 1.59. The summed E-state index contributed by atoms with van der Waals surface area (Å²) in [6.07, 6.45) is 5.26. The summed E-state index contributed by atoms with van der Waals surface area (Å²) in [5.41, 5.74) is 13.7. The van der Waals surface area contributed by atoms with Gasteiger partial charge in [0.05, 0.1) is 68.0 Å². The molecule has 12 aromatic rings. The molecule has 30 nitrogen and oxygen atoms in total. The minimum Gasteiger partial charge on any atom is -0.492 e. The number of nitrogens with zero attached hydrogens (tertiary/aromatic N) is 13. The van der Waals surface area contributed by atoms with E-state index in [-0.39, 0.29) is 137 Å². The van der Waals surface area contributed by atoms with Gasteiger partial charge in [-0.1, -0.05) is 111 Å². The molecule has 4 unspecified atom stereocenters. The molecular weight excluding hydrogens is 1800 g/mol. The first-order chi connectivity index (χ1) is 66.4. The molecule has 4 saturated heterocycles. The smallest absolute Gasteiger partial charge is 0.387 e. The highest BCUT2D eigenvalue weighted by molar-refractivity contribution is 6.32. The van der Waals surface area contributed by atoms with Crippen LogP contribution in [0, 0.1) is 6.57 Å². The number of carbonyl (C=O) groups excluding carboxylic acids is 4. The number of fused-ring (bicyclic) bond motifs is 8. The summed E-state index contributed by atoms with van der Waals surface area (Å²) >= 11 is 6.38. The van der Waals surface area contributed by atoms with Gasteiger partial charge in [0.1, 0.15) is 17.2 Å². The summed E-state index contributed by atoms with van der Waals surface area (Å²) < 4.78 is 103. The SMILES string of the molecule is CC(C)Oc1ccc(-c2nc(-c3cccc4c3CCC43CC(=O)N(CCO)C3)no2)cc1C(F)F.CC(C)Oc1ccc(-c2nc(-c3cccc4c3CCC43CC(=O)N(CCO)C3)no2)cc1Cl.CC(C)Oc1ccc(-c2nc(-c3cccc4c3CCC43CC(=O)N(CCO)C3)no2)cc1OC(F)F.[C-]#[N+]c1cc(OC(C)C)ccc1-c1nc(-c2cccc3c2CCC32CC(=O)N(CCO)C2)no1. The lowest BCUT2D eigenvalue weighted by Gasteiger charge is -2.24. The van der Waals surface area contributed by atoms with Gasteiger partial charge >= 0.3 is 6.61 Å². The number of ether oxygens (including phenoxy) is 5. The quantitative estimate of drug-likeness (QED) is 0.0274. The number of rotatable bonds is 27. The Labute approximate surface area is 798 Å². The topological polar surface area (TPSA) is 368 Å². The van der Waals surface area contributed by atoms with Gasteiger partial charge in [0.15, 0.2) is 11.5 Å². The van der Waals surface area contributed by atoms with Gasteiger partial charge in [0.2, 0.25) is 58.5 Å². The second-order valence-corrected chi connectivity index (χ2v) is 37.6. The molecule has 4 fully saturated rings. The lowest BCUT2D eigenvalue weighted by atomic mass is 9.80. The number of amides is 4. The van der Waals surface area contributed by atoms with Gasteiger partial charge in [-0.15, -0.1) is 0 Å². The van der Waals surface area contributed by atoms with E-state index >= 15 is 0 Å². The molecule has 8 heterocycles. The first-order valence-electron chi connectivity index (χ1n) is 46.4. The van der Waals surface area contributed by atoms with Crippen LogP contribution in [0.4, 0.5) is 23.2 Å². The van der Waals surface area contributed by atoms with Gasteiger partial charge in [-0.3, -0.25) is 19.2 Å². The molecule has 35 heteroatoms. The van der Waals surface area contributed by atoms with E-state index in [0.717, 1.165) is 113 Å². The molecule has 4 amide bonds. The first kappa shape index (κ1) is 96.2. The fraction of sp³-hybridized carbons (Fsp3) is 0.408. The van der Waals surface area contributed by atoms with Gasteiger partial charge in [-0.2, -0.15) is 28.7 Å². The molecule has 4 spiro atoms. The Morgan fingerprint density at radius 3 is 1.07 bits per heavy atom. The number of alkyl halides is 4. The molecule has 4 atom stereocenters. The third kappa shape index (κ3) is 19.5. The second kappa shape index (κ2) is 40.3. The van der Waals surface area contributed by atoms with E-state index in [0.29, 0.717) is 146 Å². The van der Waals surface area contributed by atoms with Crippen LogP contribution in [0.25, 0.3) is 96.2 Å². The summed E-state index contributed by atoms with van der Waals surface area (Å²) in [5.74, 6) is 4.49. The number of likely N-dealkylation sites (tertiary alicyclic amines) is 4. The Kier molecular flexibility index (Phi) is 28.1. The van der Waals surface area contributed by atoms with Crippen molar-refractivity contribution in [2.24, 2.45) is 0 Å². The molecule has 4 N–H and O–H groups in total. The highest BCUT2D eigenvalue weighted by Crippen LogP contribution is 2.54. The summed E-state index contributed by atoms with van der Waals surface area (Å²) in [6, 6.07) is 43.6. The minimum atomic E-state index is -3.01. The van der Waals surface area contributed by atoms with E-state index in [2.05, 4.69) is 62.3 Å². The Balaban J connectivity index is 0.000000127. The van der Waals surface area contributed by atoms with Crippen LogP contribution in [-0.2, 0) is 66.5 Å². The maximum Gasteiger partial charge on any atom is 0.387 e. The van der Waals surface area contributed by atoms with Crippen molar-refractivity contribution in [3.63, 3.8) is 0 Å². The van der Waals surface area contributed by atoms with Crippen molar-refractivity contribution in [3.8, 4) is 120 Å². The van der Waals surface area contributed by atoms with Gasteiger partial charge in [0, 0.05) is 144 Å². The zero-order chi connectivity index (χ0) is 97.2. The zero-order valence-corrected chi connectivity index (χ0v) is 78.3. The maximum absolute atomic E-state index is 13.7. The second-order valence-electron chi connectivity index (χ2n) is 37.2. The van der Waals surface area contributed by atoms with Crippen LogP contribution in [0.3, 0.4) is 0 Å². The predicted octanol–water partition coefficient (Wildman–Crippen LogP) is 17.1. The molecule has 0 saturated carbocycles. The first-order valence-corrected chi connectivity index (χ1v) is 46.7. The Hall–Kier alpha value is -13.5. The third-order valence-electron chi connectivity index (χ3n) is 26.8. The fourth-order valence-electron chi connectivity index (χ4n) is 20.9. The predicted molar refractivity (Wildman–Crippen MR) is 500 cm³/mol. The van der Waals surface area contributed by atoms with Crippen LogP contribution in [0.1, 0.15) is 163 Å². The molecule has 720 valence electrons. The van der Waals surface area contributed by atoms with Crippen LogP contribution in [0.15, 0.2) is 164 Å². The number of aromatic nitrogens is 8. The molecule has 138 heavy (non-hydrogen) atoms. The highest BCUT2D eigenvalue weighted by Gasteiger charge is 2.53. The molecule has 4 aromatic heterocycles. The maximum atomic E-state index is 13.7. The number of aliphatic hydroxyl groups is 4. The normalized spacial score (nSPS) is 19.3. The van der Waals surface area contributed by atoms with E-state index in [4.69, 9.17) is 55.2 Å². The van der Waals surface area contributed by atoms with Crippen molar-refractivity contribution < 1.29 is 98.9 Å².